The Morgan fingerprint density at radius 2 is 2.33 bits per heavy atom. The van der Waals surface area contributed by atoms with Gasteiger partial charge in [-0.3, -0.25) is 0 Å². The molecule has 1 aromatic rings. The summed E-state index contributed by atoms with van der Waals surface area (Å²) in [4.78, 5) is 6.30. The Hall–Kier alpha value is -0.450. The van der Waals surface area contributed by atoms with Gasteiger partial charge < -0.3 is 10.1 Å². The van der Waals surface area contributed by atoms with Crippen molar-refractivity contribution in [3.8, 4) is 0 Å². The van der Waals surface area contributed by atoms with Crippen LogP contribution >= 0.6 is 11.3 Å². The van der Waals surface area contributed by atoms with Crippen LogP contribution in [0.3, 0.4) is 0 Å². The summed E-state index contributed by atoms with van der Waals surface area (Å²) >= 11 is 1.89. The van der Waals surface area contributed by atoms with E-state index in [0.717, 1.165) is 32.7 Å². The highest BCUT2D eigenvalue weighted by Gasteiger charge is 2.21. The van der Waals surface area contributed by atoms with Crippen molar-refractivity contribution >= 4 is 11.3 Å². The summed E-state index contributed by atoms with van der Waals surface area (Å²) in [6.07, 6.45) is 4.68. The standard InChI is InChI=1S/C14H24N2OS/c1-3-6-12-13(9-15-4-2)18-14(16-12)11-7-5-8-17-10-11/h11,15H,3-10H2,1-2H3. The third-order valence-corrected chi connectivity index (χ3v) is 4.59. The van der Waals surface area contributed by atoms with Gasteiger partial charge in [0.2, 0.25) is 0 Å². The number of thiazole rings is 1. The predicted molar refractivity (Wildman–Crippen MR) is 76.3 cm³/mol. The van der Waals surface area contributed by atoms with Gasteiger partial charge >= 0.3 is 0 Å². The largest absolute Gasteiger partial charge is 0.381 e. The van der Waals surface area contributed by atoms with Crippen molar-refractivity contribution in [3.63, 3.8) is 0 Å². The molecular weight excluding hydrogens is 244 g/mol. The van der Waals surface area contributed by atoms with Crippen molar-refractivity contribution in [1.29, 1.82) is 0 Å². The average molecular weight is 268 g/mol. The topological polar surface area (TPSA) is 34.1 Å². The molecule has 2 rings (SSSR count). The van der Waals surface area contributed by atoms with Crippen LogP contribution in [-0.4, -0.2) is 24.7 Å². The molecule has 102 valence electrons. The second-order valence-corrected chi connectivity index (χ2v) is 5.98. The highest BCUT2D eigenvalue weighted by Crippen LogP contribution is 2.31. The lowest BCUT2D eigenvalue weighted by Crippen LogP contribution is -2.15. The Bertz CT molecular complexity index is 359. The van der Waals surface area contributed by atoms with E-state index >= 15 is 0 Å². The summed E-state index contributed by atoms with van der Waals surface area (Å²) in [6, 6.07) is 0. The summed E-state index contributed by atoms with van der Waals surface area (Å²) in [5.74, 6) is 0.537. The molecule has 2 heterocycles. The zero-order valence-corrected chi connectivity index (χ0v) is 12.3. The number of nitrogens with zero attached hydrogens (tertiary/aromatic N) is 1. The van der Waals surface area contributed by atoms with Gasteiger partial charge in [-0.1, -0.05) is 20.3 Å². The molecule has 4 heteroatoms. The number of nitrogens with one attached hydrogen (secondary N) is 1. The van der Waals surface area contributed by atoms with Gasteiger partial charge in [0.1, 0.15) is 0 Å². The van der Waals surface area contributed by atoms with E-state index in [1.165, 1.54) is 34.8 Å². The van der Waals surface area contributed by atoms with Gasteiger partial charge in [0.25, 0.3) is 0 Å². The van der Waals surface area contributed by atoms with Gasteiger partial charge in [-0.15, -0.1) is 11.3 Å². The van der Waals surface area contributed by atoms with Gasteiger partial charge in [0, 0.05) is 23.9 Å². The van der Waals surface area contributed by atoms with Crippen LogP contribution in [0.15, 0.2) is 0 Å². The molecule has 0 aliphatic carbocycles. The Morgan fingerprint density at radius 3 is 3.00 bits per heavy atom. The Balaban J connectivity index is 2.09. The minimum absolute atomic E-state index is 0.537. The van der Waals surface area contributed by atoms with Crippen molar-refractivity contribution in [1.82, 2.24) is 10.3 Å². The maximum atomic E-state index is 5.58. The van der Waals surface area contributed by atoms with Gasteiger partial charge in [-0.25, -0.2) is 4.98 Å². The van der Waals surface area contributed by atoms with E-state index in [4.69, 9.17) is 9.72 Å². The minimum Gasteiger partial charge on any atom is -0.381 e. The molecule has 1 fully saturated rings. The summed E-state index contributed by atoms with van der Waals surface area (Å²) in [5.41, 5.74) is 1.31. The zero-order chi connectivity index (χ0) is 12.8. The second-order valence-electron chi connectivity index (χ2n) is 4.87. The van der Waals surface area contributed by atoms with Gasteiger partial charge in [0.05, 0.1) is 17.3 Å². The third-order valence-electron chi connectivity index (χ3n) is 3.33. The molecule has 18 heavy (non-hydrogen) atoms. The fourth-order valence-electron chi connectivity index (χ4n) is 2.32. The second kappa shape index (κ2) is 7.22. The molecule has 1 saturated heterocycles. The van der Waals surface area contributed by atoms with Crippen molar-refractivity contribution in [2.24, 2.45) is 0 Å². The van der Waals surface area contributed by atoms with E-state index in [0.29, 0.717) is 5.92 Å². The van der Waals surface area contributed by atoms with Crippen LogP contribution in [-0.2, 0) is 17.7 Å². The fraction of sp³-hybridized carbons (Fsp3) is 0.786. The monoisotopic (exact) mass is 268 g/mol. The molecule has 1 N–H and O–H groups in total. The summed E-state index contributed by atoms with van der Waals surface area (Å²) in [5, 5.41) is 4.72. The molecule has 0 bridgehead atoms. The first-order chi connectivity index (χ1) is 8.85. The smallest absolute Gasteiger partial charge is 0.0985 e. The van der Waals surface area contributed by atoms with Crippen LogP contribution < -0.4 is 5.32 Å². The maximum Gasteiger partial charge on any atom is 0.0985 e. The minimum atomic E-state index is 0.537. The molecule has 3 nitrogen and oxygen atoms in total. The Kier molecular flexibility index (Phi) is 5.60. The number of hydrogen-bond donors (Lipinski definition) is 1. The Morgan fingerprint density at radius 1 is 1.44 bits per heavy atom. The van der Waals surface area contributed by atoms with Gasteiger partial charge in [-0.2, -0.15) is 0 Å². The molecule has 0 radical (unpaired) electrons. The average Bonchev–Trinajstić information content (AvgIpc) is 2.81. The van der Waals surface area contributed by atoms with Crippen molar-refractivity contribution < 1.29 is 4.74 Å². The van der Waals surface area contributed by atoms with Gasteiger partial charge in [0.15, 0.2) is 0 Å². The quantitative estimate of drug-likeness (QED) is 0.861. The number of rotatable bonds is 6. The van der Waals surface area contributed by atoms with Crippen LogP contribution in [0.25, 0.3) is 0 Å². The molecule has 0 saturated carbocycles. The molecular formula is C14H24N2OS. The lowest BCUT2D eigenvalue weighted by Gasteiger charge is -2.19. The van der Waals surface area contributed by atoms with Crippen molar-refractivity contribution in [2.75, 3.05) is 19.8 Å². The maximum absolute atomic E-state index is 5.58. The molecule has 0 amide bonds. The first kappa shape index (κ1) is 14.0. The predicted octanol–water partition coefficient (Wildman–Crippen LogP) is 3.10. The summed E-state index contributed by atoms with van der Waals surface area (Å²) < 4.78 is 5.58. The molecule has 0 spiro atoms. The van der Waals surface area contributed by atoms with E-state index in [1.54, 1.807) is 0 Å². The van der Waals surface area contributed by atoms with E-state index in [1.807, 2.05) is 11.3 Å². The molecule has 1 atom stereocenters. The normalized spacial score (nSPS) is 20.2. The molecule has 1 aliphatic rings. The van der Waals surface area contributed by atoms with Crippen molar-refractivity contribution in [3.05, 3.63) is 15.6 Å². The van der Waals surface area contributed by atoms with Crippen LogP contribution in [0.2, 0.25) is 0 Å². The third kappa shape index (κ3) is 3.53. The SMILES string of the molecule is CCCc1nc(C2CCCOC2)sc1CNCC. The van der Waals surface area contributed by atoms with Crippen LogP contribution in [0, 0.1) is 0 Å². The first-order valence-electron chi connectivity index (χ1n) is 7.12. The number of aromatic nitrogens is 1. The van der Waals surface area contributed by atoms with E-state index in [-0.39, 0.29) is 0 Å². The van der Waals surface area contributed by atoms with E-state index in [9.17, 15) is 0 Å². The van der Waals surface area contributed by atoms with Crippen LogP contribution in [0.5, 0.6) is 0 Å². The van der Waals surface area contributed by atoms with E-state index in [2.05, 4.69) is 19.2 Å². The molecule has 1 unspecified atom stereocenters. The summed E-state index contributed by atoms with van der Waals surface area (Å²) in [6.45, 7) is 8.15. The highest BCUT2D eigenvalue weighted by molar-refractivity contribution is 7.11. The molecule has 1 aromatic heterocycles. The van der Waals surface area contributed by atoms with Crippen LogP contribution in [0.1, 0.15) is 54.6 Å². The van der Waals surface area contributed by atoms with E-state index < -0.39 is 0 Å². The van der Waals surface area contributed by atoms with Crippen LogP contribution in [0.4, 0.5) is 0 Å². The summed E-state index contributed by atoms with van der Waals surface area (Å²) in [7, 11) is 0. The number of aryl methyl sites for hydroxylation is 1. The van der Waals surface area contributed by atoms with Crippen molar-refractivity contribution in [2.45, 2.75) is 52.0 Å². The molecule has 1 aliphatic heterocycles. The molecule has 0 aromatic carbocycles. The lowest BCUT2D eigenvalue weighted by atomic mass is 10.0. The highest BCUT2D eigenvalue weighted by atomic mass is 32.1. The zero-order valence-electron chi connectivity index (χ0n) is 11.5. The lowest BCUT2D eigenvalue weighted by molar-refractivity contribution is 0.0803. The first-order valence-corrected chi connectivity index (χ1v) is 7.93. The fourth-order valence-corrected chi connectivity index (χ4v) is 3.52. The number of hydrogen-bond acceptors (Lipinski definition) is 4. The number of ether oxygens (including phenoxy) is 1. The Labute approximate surface area is 114 Å². The van der Waals surface area contributed by atoms with Gasteiger partial charge in [-0.05, 0) is 25.8 Å².